The lowest BCUT2D eigenvalue weighted by molar-refractivity contribution is 0.0992. The molecule has 0 amide bonds. The molecule has 7 heteroatoms. The van der Waals surface area contributed by atoms with Crippen LogP contribution in [-0.4, -0.2) is 48.0 Å². The third kappa shape index (κ3) is 5.29. The molecule has 0 aliphatic carbocycles. The summed E-state index contributed by atoms with van der Waals surface area (Å²) in [4.78, 5) is 8.41. The second kappa shape index (κ2) is 8.21. The second-order valence-corrected chi connectivity index (χ2v) is 4.04. The number of halogens is 1. The molecule has 1 heterocycles. The lowest BCUT2D eigenvalue weighted by atomic mass is 10.5. The Kier molecular flexibility index (Phi) is 6.83. The predicted octanol–water partition coefficient (Wildman–Crippen LogP) is 1.09. The zero-order valence-electron chi connectivity index (χ0n) is 9.74. The Balaban J connectivity index is 2.42. The average Bonchev–Trinajstić information content (AvgIpc) is 2.33. The topological polar surface area (TPSA) is 79.3 Å². The average molecular weight is 305 g/mol. The van der Waals surface area contributed by atoms with Gasteiger partial charge in [-0.05, 0) is 22.9 Å². The number of rotatable bonds is 8. The van der Waals surface area contributed by atoms with Gasteiger partial charge in [0.2, 0.25) is 5.95 Å². The summed E-state index contributed by atoms with van der Waals surface area (Å²) in [7, 11) is 0. The minimum Gasteiger partial charge on any atom is -0.394 e. The third-order valence-electron chi connectivity index (χ3n) is 1.85. The van der Waals surface area contributed by atoms with Crippen molar-refractivity contribution in [2.75, 3.05) is 43.5 Å². The van der Waals surface area contributed by atoms with Crippen LogP contribution < -0.4 is 10.6 Å². The number of aromatic nitrogens is 2. The first-order chi connectivity index (χ1) is 8.27. The maximum atomic E-state index is 8.54. The smallest absolute Gasteiger partial charge is 0.224 e. The molecule has 0 radical (unpaired) electrons. The summed E-state index contributed by atoms with van der Waals surface area (Å²) in [6, 6.07) is 0. The van der Waals surface area contributed by atoms with Crippen LogP contribution in [0, 0.1) is 0 Å². The van der Waals surface area contributed by atoms with Crippen molar-refractivity contribution in [2.45, 2.75) is 6.92 Å². The fraction of sp³-hybridized carbons (Fsp3) is 0.600. The van der Waals surface area contributed by atoms with E-state index in [0.29, 0.717) is 25.7 Å². The lowest BCUT2D eigenvalue weighted by Crippen LogP contribution is -2.13. The summed E-state index contributed by atoms with van der Waals surface area (Å²) in [5.74, 6) is 1.32. The zero-order valence-corrected chi connectivity index (χ0v) is 11.3. The van der Waals surface area contributed by atoms with Crippen LogP contribution >= 0.6 is 15.9 Å². The molecular formula is C10H17BrN4O2. The van der Waals surface area contributed by atoms with E-state index in [9.17, 15) is 0 Å². The first-order valence-corrected chi connectivity index (χ1v) is 6.26. The van der Waals surface area contributed by atoms with Gasteiger partial charge in [-0.25, -0.2) is 4.98 Å². The van der Waals surface area contributed by atoms with Gasteiger partial charge < -0.3 is 20.5 Å². The molecule has 0 bridgehead atoms. The van der Waals surface area contributed by atoms with E-state index in [2.05, 4.69) is 36.5 Å². The lowest BCUT2D eigenvalue weighted by Gasteiger charge is -2.09. The monoisotopic (exact) mass is 304 g/mol. The van der Waals surface area contributed by atoms with Gasteiger partial charge in [0, 0.05) is 19.3 Å². The fourth-order valence-electron chi connectivity index (χ4n) is 1.14. The molecular weight excluding hydrogens is 288 g/mol. The highest BCUT2D eigenvalue weighted by molar-refractivity contribution is 9.10. The molecule has 96 valence electrons. The second-order valence-electron chi connectivity index (χ2n) is 3.18. The molecule has 0 aliphatic heterocycles. The number of aliphatic hydroxyl groups excluding tert-OH is 1. The minimum atomic E-state index is 0.0434. The van der Waals surface area contributed by atoms with Crippen molar-refractivity contribution >= 4 is 27.7 Å². The number of anilines is 2. The highest BCUT2D eigenvalue weighted by Gasteiger charge is 2.03. The van der Waals surface area contributed by atoms with Crippen LogP contribution in [0.1, 0.15) is 6.92 Å². The first-order valence-electron chi connectivity index (χ1n) is 5.46. The predicted molar refractivity (Wildman–Crippen MR) is 70.3 cm³/mol. The van der Waals surface area contributed by atoms with Crippen molar-refractivity contribution in [2.24, 2.45) is 0 Å². The number of ether oxygens (including phenoxy) is 1. The Labute approximate surface area is 109 Å². The van der Waals surface area contributed by atoms with Gasteiger partial charge in [-0.15, -0.1) is 0 Å². The minimum absolute atomic E-state index is 0.0434. The number of nitrogens with zero attached hydrogens (tertiary/aromatic N) is 2. The molecule has 0 saturated heterocycles. The number of nitrogens with one attached hydrogen (secondary N) is 2. The molecule has 0 saturated carbocycles. The fourth-order valence-corrected chi connectivity index (χ4v) is 1.47. The molecule has 1 rings (SSSR count). The number of hydrogen-bond donors (Lipinski definition) is 3. The molecule has 1 aromatic heterocycles. The van der Waals surface area contributed by atoms with Crippen LogP contribution in [0.25, 0.3) is 0 Å². The van der Waals surface area contributed by atoms with Crippen LogP contribution in [-0.2, 0) is 4.74 Å². The summed E-state index contributed by atoms with van der Waals surface area (Å²) in [6.07, 6.45) is 1.70. The van der Waals surface area contributed by atoms with E-state index >= 15 is 0 Å². The zero-order chi connectivity index (χ0) is 12.5. The van der Waals surface area contributed by atoms with E-state index < -0.39 is 0 Å². The summed E-state index contributed by atoms with van der Waals surface area (Å²) < 4.78 is 5.94. The molecule has 0 atom stereocenters. The van der Waals surface area contributed by atoms with Gasteiger partial charge >= 0.3 is 0 Å². The van der Waals surface area contributed by atoms with Gasteiger partial charge in [-0.2, -0.15) is 4.98 Å². The van der Waals surface area contributed by atoms with Gasteiger partial charge in [0.1, 0.15) is 5.82 Å². The molecule has 1 aromatic rings. The molecule has 6 nitrogen and oxygen atoms in total. The van der Waals surface area contributed by atoms with Gasteiger partial charge in [-0.1, -0.05) is 0 Å². The maximum Gasteiger partial charge on any atom is 0.224 e. The number of aliphatic hydroxyl groups is 1. The van der Waals surface area contributed by atoms with Gasteiger partial charge in [0.15, 0.2) is 0 Å². The van der Waals surface area contributed by atoms with Crippen molar-refractivity contribution < 1.29 is 9.84 Å². The largest absolute Gasteiger partial charge is 0.394 e. The molecule has 0 aromatic carbocycles. The van der Waals surface area contributed by atoms with E-state index in [1.807, 2.05) is 6.92 Å². The van der Waals surface area contributed by atoms with Gasteiger partial charge in [0.25, 0.3) is 0 Å². The highest BCUT2D eigenvalue weighted by Crippen LogP contribution is 2.19. The number of hydrogen-bond acceptors (Lipinski definition) is 6. The first kappa shape index (κ1) is 14.1. The Bertz CT molecular complexity index is 338. The molecule has 0 fully saturated rings. The van der Waals surface area contributed by atoms with E-state index in [4.69, 9.17) is 9.84 Å². The van der Waals surface area contributed by atoms with Crippen LogP contribution in [0.3, 0.4) is 0 Å². The molecule has 0 aliphatic rings. The van der Waals surface area contributed by atoms with Crippen LogP contribution in [0.2, 0.25) is 0 Å². The molecule has 0 spiro atoms. The summed E-state index contributed by atoms with van der Waals surface area (Å²) in [6.45, 7) is 4.31. The Morgan fingerprint density at radius 3 is 2.94 bits per heavy atom. The van der Waals surface area contributed by atoms with Crippen molar-refractivity contribution in [3.05, 3.63) is 10.7 Å². The van der Waals surface area contributed by atoms with E-state index in [0.717, 1.165) is 16.8 Å². The molecule has 17 heavy (non-hydrogen) atoms. The SMILES string of the molecule is CCNc1ncc(Br)c(NCCOCCO)n1. The Morgan fingerprint density at radius 2 is 2.24 bits per heavy atom. The van der Waals surface area contributed by atoms with E-state index in [1.165, 1.54) is 0 Å². The maximum absolute atomic E-state index is 8.54. The summed E-state index contributed by atoms with van der Waals surface area (Å²) in [5.41, 5.74) is 0. The van der Waals surface area contributed by atoms with Gasteiger partial charge in [0.05, 0.1) is 24.3 Å². The molecule has 0 unspecified atom stereocenters. The standard InChI is InChI=1S/C10H17BrN4O2/c1-2-12-10-14-7-8(11)9(15-10)13-3-5-17-6-4-16/h7,16H,2-6H2,1H3,(H2,12,13,14,15). The van der Waals surface area contributed by atoms with Crippen molar-refractivity contribution in [3.8, 4) is 0 Å². The van der Waals surface area contributed by atoms with Crippen molar-refractivity contribution in [1.29, 1.82) is 0 Å². The summed E-state index contributed by atoms with van der Waals surface area (Å²) in [5, 5.41) is 14.7. The summed E-state index contributed by atoms with van der Waals surface area (Å²) >= 11 is 3.37. The van der Waals surface area contributed by atoms with Crippen molar-refractivity contribution in [3.63, 3.8) is 0 Å². The van der Waals surface area contributed by atoms with Crippen LogP contribution in [0.4, 0.5) is 11.8 Å². The van der Waals surface area contributed by atoms with Crippen LogP contribution in [0.15, 0.2) is 10.7 Å². The quantitative estimate of drug-likeness (QED) is 0.624. The van der Waals surface area contributed by atoms with Crippen molar-refractivity contribution in [1.82, 2.24) is 9.97 Å². The van der Waals surface area contributed by atoms with E-state index in [1.54, 1.807) is 6.20 Å². The van der Waals surface area contributed by atoms with Gasteiger partial charge in [-0.3, -0.25) is 0 Å². The van der Waals surface area contributed by atoms with E-state index in [-0.39, 0.29) is 6.61 Å². The Hall–Kier alpha value is -0.920. The van der Waals surface area contributed by atoms with Crippen LogP contribution in [0.5, 0.6) is 0 Å². The third-order valence-corrected chi connectivity index (χ3v) is 2.43. The Morgan fingerprint density at radius 1 is 1.41 bits per heavy atom. The normalized spacial score (nSPS) is 10.3. The molecule has 3 N–H and O–H groups in total. The highest BCUT2D eigenvalue weighted by atomic mass is 79.9.